The summed E-state index contributed by atoms with van der Waals surface area (Å²) in [7, 11) is 0. The minimum atomic E-state index is -0.553. The smallest absolute Gasteiger partial charge is 0.239 e. The lowest BCUT2D eigenvalue weighted by Crippen LogP contribution is -2.31. The average molecular weight is 209 g/mol. The molecule has 2 rings (SSSR count). The standard InChI is InChI=1S/C10H12FN3O/c11-9-5-8(3-4-12-9)13-6-10(15)14-7-1-2-7/h3-5,7H,1-2,6H2,(H,12,13)(H,14,15). The number of rotatable bonds is 4. The van der Waals surface area contributed by atoms with E-state index in [0.29, 0.717) is 11.7 Å². The summed E-state index contributed by atoms with van der Waals surface area (Å²) < 4.78 is 12.7. The Hall–Kier alpha value is -1.65. The summed E-state index contributed by atoms with van der Waals surface area (Å²) in [4.78, 5) is 14.7. The van der Waals surface area contributed by atoms with Gasteiger partial charge in [-0.3, -0.25) is 4.79 Å². The first-order valence-electron chi connectivity index (χ1n) is 4.89. The van der Waals surface area contributed by atoms with Crippen LogP contribution in [0.2, 0.25) is 0 Å². The molecule has 1 aliphatic carbocycles. The number of pyridine rings is 1. The van der Waals surface area contributed by atoms with Crippen LogP contribution in [-0.2, 0) is 4.79 Å². The topological polar surface area (TPSA) is 54.0 Å². The van der Waals surface area contributed by atoms with E-state index in [0.717, 1.165) is 12.8 Å². The van der Waals surface area contributed by atoms with Gasteiger partial charge in [0, 0.05) is 24.0 Å². The maximum atomic E-state index is 12.7. The highest BCUT2D eigenvalue weighted by Gasteiger charge is 2.22. The highest BCUT2D eigenvalue weighted by Crippen LogP contribution is 2.18. The second kappa shape index (κ2) is 4.25. The number of nitrogens with one attached hydrogen (secondary N) is 2. The van der Waals surface area contributed by atoms with Gasteiger partial charge in [0.1, 0.15) is 0 Å². The van der Waals surface area contributed by atoms with E-state index < -0.39 is 5.95 Å². The fourth-order valence-electron chi connectivity index (χ4n) is 1.20. The molecule has 80 valence electrons. The van der Waals surface area contributed by atoms with Gasteiger partial charge in [-0.2, -0.15) is 4.39 Å². The minimum absolute atomic E-state index is 0.0604. The van der Waals surface area contributed by atoms with Crippen molar-refractivity contribution < 1.29 is 9.18 Å². The van der Waals surface area contributed by atoms with Crippen molar-refractivity contribution in [3.63, 3.8) is 0 Å². The number of hydrogen-bond acceptors (Lipinski definition) is 3. The first-order chi connectivity index (χ1) is 7.24. The zero-order valence-electron chi connectivity index (χ0n) is 8.16. The van der Waals surface area contributed by atoms with Gasteiger partial charge in [0.15, 0.2) is 0 Å². The fraction of sp³-hybridized carbons (Fsp3) is 0.400. The van der Waals surface area contributed by atoms with Gasteiger partial charge in [0.05, 0.1) is 6.54 Å². The van der Waals surface area contributed by atoms with Gasteiger partial charge in [0.2, 0.25) is 11.9 Å². The molecule has 1 aromatic rings. The molecule has 1 amide bonds. The van der Waals surface area contributed by atoms with Crippen LogP contribution in [0.25, 0.3) is 0 Å². The van der Waals surface area contributed by atoms with Crippen LogP contribution in [0.1, 0.15) is 12.8 Å². The molecule has 0 atom stereocenters. The van der Waals surface area contributed by atoms with Crippen LogP contribution in [0, 0.1) is 5.95 Å². The van der Waals surface area contributed by atoms with E-state index >= 15 is 0 Å². The van der Waals surface area contributed by atoms with Crippen LogP contribution in [-0.4, -0.2) is 23.5 Å². The monoisotopic (exact) mass is 209 g/mol. The van der Waals surface area contributed by atoms with Gasteiger partial charge >= 0.3 is 0 Å². The van der Waals surface area contributed by atoms with E-state index in [9.17, 15) is 9.18 Å². The van der Waals surface area contributed by atoms with Gasteiger partial charge in [-0.15, -0.1) is 0 Å². The molecule has 15 heavy (non-hydrogen) atoms. The van der Waals surface area contributed by atoms with Crippen molar-refractivity contribution in [1.82, 2.24) is 10.3 Å². The molecule has 0 saturated heterocycles. The SMILES string of the molecule is O=C(CNc1ccnc(F)c1)NC1CC1. The van der Waals surface area contributed by atoms with Crippen molar-refractivity contribution in [2.24, 2.45) is 0 Å². The van der Waals surface area contributed by atoms with Crippen LogP contribution in [0.3, 0.4) is 0 Å². The van der Waals surface area contributed by atoms with Crippen molar-refractivity contribution in [2.45, 2.75) is 18.9 Å². The zero-order valence-corrected chi connectivity index (χ0v) is 8.16. The maximum absolute atomic E-state index is 12.7. The molecule has 0 spiro atoms. The summed E-state index contributed by atoms with van der Waals surface area (Å²) in [5, 5.41) is 5.65. The Bertz CT molecular complexity index is 365. The quantitative estimate of drug-likeness (QED) is 0.725. The third-order valence-electron chi connectivity index (χ3n) is 2.12. The largest absolute Gasteiger partial charge is 0.376 e. The number of nitrogens with zero attached hydrogens (tertiary/aromatic N) is 1. The summed E-state index contributed by atoms with van der Waals surface area (Å²) in [6, 6.07) is 3.23. The Morgan fingerprint density at radius 1 is 1.60 bits per heavy atom. The summed E-state index contributed by atoms with van der Waals surface area (Å²) in [6.45, 7) is 0.167. The third-order valence-corrected chi connectivity index (χ3v) is 2.12. The van der Waals surface area contributed by atoms with E-state index in [1.54, 1.807) is 6.07 Å². The lowest BCUT2D eigenvalue weighted by atomic mass is 10.4. The van der Waals surface area contributed by atoms with Crippen LogP contribution in [0.4, 0.5) is 10.1 Å². The number of carbonyl (C=O) groups is 1. The normalized spacial score (nSPS) is 14.7. The summed E-state index contributed by atoms with van der Waals surface area (Å²) in [6.07, 6.45) is 3.49. The third kappa shape index (κ3) is 3.19. The second-order valence-corrected chi connectivity index (χ2v) is 3.56. The fourth-order valence-corrected chi connectivity index (χ4v) is 1.20. The number of anilines is 1. The van der Waals surface area contributed by atoms with E-state index in [-0.39, 0.29) is 12.5 Å². The first-order valence-corrected chi connectivity index (χ1v) is 4.89. The van der Waals surface area contributed by atoms with Gasteiger partial charge in [-0.1, -0.05) is 0 Å². The van der Waals surface area contributed by atoms with E-state index in [2.05, 4.69) is 15.6 Å². The number of aromatic nitrogens is 1. The van der Waals surface area contributed by atoms with Crippen molar-refractivity contribution in [3.05, 3.63) is 24.3 Å². The summed E-state index contributed by atoms with van der Waals surface area (Å²) in [5.41, 5.74) is 0.563. The molecule has 4 nitrogen and oxygen atoms in total. The zero-order chi connectivity index (χ0) is 10.7. The van der Waals surface area contributed by atoms with Crippen molar-refractivity contribution >= 4 is 11.6 Å². The van der Waals surface area contributed by atoms with Crippen LogP contribution >= 0.6 is 0 Å². The molecule has 0 bridgehead atoms. The number of hydrogen-bond donors (Lipinski definition) is 2. The molecule has 1 heterocycles. The first kappa shape index (κ1) is 9.89. The molecular weight excluding hydrogens is 197 g/mol. The molecule has 5 heteroatoms. The molecule has 2 N–H and O–H groups in total. The van der Waals surface area contributed by atoms with Crippen molar-refractivity contribution in [1.29, 1.82) is 0 Å². The van der Waals surface area contributed by atoms with E-state index in [1.165, 1.54) is 12.3 Å². The number of amides is 1. The highest BCUT2D eigenvalue weighted by molar-refractivity contribution is 5.81. The van der Waals surface area contributed by atoms with Crippen LogP contribution < -0.4 is 10.6 Å². The van der Waals surface area contributed by atoms with Crippen molar-refractivity contribution in [2.75, 3.05) is 11.9 Å². The Morgan fingerprint density at radius 3 is 3.07 bits per heavy atom. The van der Waals surface area contributed by atoms with E-state index in [4.69, 9.17) is 0 Å². The molecule has 1 aromatic heterocycles. The van der Waals surface area contributed by atoms with Gasteiger partial charge in [-0.25, -0.2) is 4.98 Å². The van der Waals surface area contributed by atoms with Gasteiger partial charge < -0.3 is 10.6 Å². The average Bonchev–Trinajstić information content (AvgIpc) is 2.99. The molecule has 0 aromatic carbocycles. The molecule has 0 unspecified atom stereocenters. The van der Waals surface area contributed by atoms with Crippen LogP contribution in [0.15, 0.2) is 18.3 Å². The molecule has 1 saturated carbocycles. The van der Waals surface area contributed by atoms with E-state index in [1.807, 2.05) is 0 Å². The Morgan fingerprint density at radius 2 is 2.40 bits per heavy atom. The van der Waals surface area contributed by atoms with Crippen LogP contribution in [0.5, 0.6) is 0 Å². The second-order valence-electron chi connectivity index (χ2n) is 3.56. The number of carbonyl (C=O) groups excluding carboxylic acids is 1. The lowest BCUT2D eigenvalue weighted by molar-refractivity contribution is -0.119. The number of halogens is 1. The predicted octanol–water partition coefficient (Wildman–Crippen LogP) is 0.911. The lowest BCUT2D eigenvalue weighted by Gasteiger charge is -2.06. The minimum Gasteiger partial charge on any atom is -0.376 e. The molecular formula is C10H12FN3O. The van der Waals surface area contributed by atoms with Crippen molar-refractivity contribution in [3.8, 4) is 0 Å². The Kier molecular flexibility index (Phi) is 2.80. The Balaban J connectivity index is 1.78. The highest BCUT2D eigenvalue weighted by atomic mass is 19.1. The molecule has 1 aliphatic rings. The maximum Gasteiger partial charge on any atom is 0.239 e. The summed E-state index contributed by atoms with van der Waals surface area (Å²) >= 11 is 0. The summed E-state index contributed by atoms with van der Waals surface area (Å²) in [5.74, 6) is -0.614. The predicted molar refractivity (Wildman–Crippen MR) is 53.8 cm³/mol. The molecule has 0 radical (unpaired) electrons. The van der Waals surface area contributed by atoms with Gasteiger partial charge in [-0.05, 0) is 18.9 Å². The van der Waals surface area contributed by atoms with Gasteiger partial charge in [0.25, 0.3) is 0 Å². The Labute approximate surface area is 86.9 Å². The molecule has 0 aliphatic heterocycles. The molecule has 1 fully saturated rings.